The SMILES string of the molecule is COc1ccc(C(NC(=O)Cn2nc(C)ccc2=O)c2ccccc2)cc1Br. The van der Waals surface area contributed by atoms with Gasteiger partial charge in [0.05, 0.1) is 23.3 Å². The van der Waals surface area contributed by atoms with E-state index in [2.05, 4.69) is 26.3 Å². The molecular formula is C21H20BrN3O3. The maximum atomic E-state index is 12.7. The summed E-state index contributed by atoms with van der Waals surface area (Å²) < 4.78 is 7.24. The fraction of sp³-hybridized carbons (Fsp3) is 0.190. The van der Waals surface area contributed by atoms with Crippen molar-refractivity contribution in [3.8, 4) is 5.75 Å². The standard InChI is InChI=1S/C21H20BrN3O3/c1-14-8-11-20(27)25(24-14)13-19(26)23-21(15-6-4-3-5-7-15)16-9-10-18(28-2)17(22)12-16/h3-12,21H,13H2,1-2H3,(H,23,26). The fourth-order valence-electron chi connectivity index (χ4n) is 2.87. The fourth-order valence-corrected chi connectivity index (χ4v) is 3.43. The Morgan fingerprint density at radius 2 is 1.89 bits per heavy atom. The van der Waals surface area contributed by atoms with Crippen molar-refractivity contribution in [2.75, 3.05) is 7.11 Å². The van der Waals surface area contributed by atoms with Crippen molar-refractivity contribution < 1.29 is 9.53 Å². The maximum Gasteiger partial charge on any atom is 0.267 e. The van der Waals surface area contributed by atoms with Crippen molar-refractivity contribution in [2.45, 2.75) is 19.5 Å². The van der Waals surface area contributed by atoms with E-state index < -0.39 is 0 Å². The minimum absolute atomic E-state index is 0.152. The number of nitrogens with zero attached hydrogens (tertiary/aromatic N) is 2. The quantitative estimate of drug-likeness (QED) is 0.637. The number of amides is 1. The third-order valence-corrected chi connectivity index (χ3v) is 4.86. The maximum absolute atomic E-state index is 12.7. The first-order valence-electron chi connectivity index (χ1n) is 8.70. The van der Waals surface area contributed by atoms with Gasteiger partial charge >= 0.3 is 0 Å². The number of hydrogen-bond acceptors (Lipinski definition) is 4. The molecule has 0 aliphatic heterocycles. The molecule has 0 radical (unpaired) electrons. The Kier molecular flexibility index (Phi) is 6.26. The average Bonchev–Trinajstić information content (AvgIpc) is 2.69. The molecule has 0 aliphatic rings. The van der Waals surface area contributed by atoms with Crippen molar-refractivity contribution in [1.29, 1.82) is 0 Å². The van der Waals surface area contributed by atoms with Crippen LogP contribution in [0.4, 0.5) is 0 Å². The van der Waals surface area contributed by atoms with Crippen LogP contribution in [0.25, 0.3) is 0 Å². The van der Waals surface area contributed by atoms with Crippen LogP contribution in [0.15, 0.2) is 69.9 Å². The lowest BCUT2D eigenvalue weighted by molar-refractivity contribution is -0.122. The summed E-state index contributed by atoms with van der Waals surface area (Å²) in [7, 11) is 1.60. The molecular weight excluding hydrogens is 422 g/mol. The Morgan fingerprint density at radius 1 is 1.14 bits per heavy atom. The zero-order valence-electron chi connectivity index (χ0n) is 15.6. The van der Waals surface area contributed by atoms with E-state index in [0.29, 0.717) is 11.4 Å². The Balaban J connectivity index is 1.89. The smallest absolute Gasteiger partial charge is 0.267 e. The highest BCUT2D eigenvalue weighted by molar-refractivity contribution is 9.10. The number of ether oxygens (including phenoxy) is 1. The lowest BCUT2D eigenvalue weighted by Crippen LogP contribution is -2.36. The molecule has 0 fully saturated rings. The van der Waals surface area contributed by atoms with E-state index in [1.165, 1.54) is 6.07 Å². The van der Waals surface area contributed by atoms with Crippen molar-refractivity contribution in [3.05, 3.63) is 92.3 Å². The van der Waals surface area contributed by atoms with Crippen LogP contribution in [0, 0.1) is 6.92 Å². The summed E-state index contributed by atoms with van der Waals surface area (Å²) in [4.78, 5) is 24.6. The first-order chi connectivity index (χ1) is 13.5. The van der Waals surface area contributed by atoms with Crippen LogP contribution >= 0.6 is 15.9 Å². The van der Waals surface area contributed by atoms with Gasteiger partial charge in [-0.15, -0.1) is 0 Å². The highest BCUT2D eigenvalue weighted by atomic mass is 79.9. The van der Waals surface area contributed by atoms with Gasteiger partial charge in [-0.05, 0) is 52.2 Å². The number of aryl methyl sites for hydroxylation is 1. The summed E-state index contributed by atoms with van der Waals surface area (Å²) in [6.45, 7) is 1.62. The van der Waals surface area contributed by atoms with Gasteiger partial charge in [0.25, 0.3) is 5.56 Å². The second-order valence-corrected chi connectivity index (χ2v) is 7.13. The van der Waals surface area contributed by atoms with E-state index in [-0.39, 0.29) is 24.1 Å². The van der Waals surface area contributed by atoms with E-state index >= 15 is 0 Å². The minimum atomic E-state index is -0.378. The molecule has 0 saturated heterocycles. The van der Waals surface area contributed by atoms with Crippen LogP contribution < -0.4 is 15.6 Å². The molecule has 6 nitrogen and oxygen atoms in total. The zero-order chi connectivity index (χ0) is 20.1. The molecule has 1 heterocycles. The molecule has 7 heteroatoms. The van der Waals surface area contributed by atoms with E-state index in [0.717, 1.165) is 20.3 Å². The molecule has 3 aromatic rings. The van der Waals surface area contributed by atoms with Crippen molar-refractivity contribution >= 4 is 21.8 Å². The highest BCUT2D eigenvalue weighted by Crippen LogP contribution is 2.30. The molecule has 144 valence electrons. The molecule has 0 aliphatic carbocycles. The number of benzene rings is 2. The number of halogens is 1. The van der Waals surface area contributed by atoms with Gasteiger partial charge in [-0.2, -0.15) is 5.10 Å². The number of aromatic nitrogens is 2. The van der Waals surface area contributed by atoms with Crippen LogP contribution in [0.3, 0.4) is 0 Å². The molecule has 1 atom stereocenters. The number of carbonyl (C=O) groups is 1. The number of methoxy groups -OCH3 is 1. The predicted octanol–water partition coefficient (Wildman–Crippen LogP) is 3.23. The second kappa shape index (κ2) is 8.84. The second-order valence-electron chi connectivity index (χ2n) is 6.28. The van der Waals surface area contributed by atoms with Crippen LogP contribution in [0.1, 0.15) is 22.9 Å². The van der Waals surface area contributed by atoms with Gasteiger partial charge in [0.1, 0.15) is 12.3 Å². The molecule has 0 bridgehead atoms. The molecule has 0 saturated carbocycles. The minimum Gasteiger partial charge on any atom is -0.496 e. The summed E-state index contributed by atoms with van der Waals surface area (Å²) in [6, 6.07) is 17.9. The highest BCUT2D eigenvalue weighted by Gasteiger charge is 2.19. The van der Waals surface area contributed by atoms with Gasteiger partial charge in [-0.3, -0.25) is 9.59 Å². The van der Waals surface area contributed by atoms with E-state index in [1.54, 1.807) is 20.1 Å². The Morgan fingerprint density at radius 3 is 2.57 bits per heavy atom. The van der Waals surface area contributed by atoms with Crippen LogP contribution in [0.5, 0.6) is 5.75 Å². The molecule has 3 rings (SSSR count). The molecule has 28 heavy (non-hydrogen) atoms. The van der Waals surface area contributed by atoms with Crippen molar-refractivity contribution in [3.63, 3.8) is 0 Å². The van der Waals surface area contributed by atoms with Gasteiger partial charge in [0.2, 0.25) is 5.91 Å². The van der Waals surface area contributed by atoms with Gasteiger partial charge in [0, 0.05) is 6.07 Å². The van der Waals surface area contributed by atoms with E-state index in [1.807, 2.05) is 48.5 Å². The van der Waals surface area contributed by atoms with Gasteiger partial charge in [0.15, 0.2) is 0 Å². The summed E-state index contributed by atoms with van der Waals surface area (Å²) >= 11 is 3.49. The largest absolute Gasteiger partial charge is 0.496 e. The van der Waals surface area contributed by atoms with Gasteiger partial charge in [-0.25, -0.2) is 4.68 Å². The lowest BCUT2D eigenvalue weighted by Gasteiger charge is -2.21. The predicted molar refractivity (Wildman–Crippen MR) is 110 cm³/mol. The average molecular weight is 442 g/mol. The van der Waals surface area contributed by atoms with Crippen LogP contribution in [-0.2, 0) is 11.3 Å². The summed E-state index contributed by atoms with van der Waals surface area (Å²) in [5.41, 5.74) is 2.17. The monoisotopic (exact) mass is 441 g/mol. The molecule has 1 unspecified atom stereocenters. The van der Waals surface area contributed by atoms with E-state index in [9.17, 15) is 9.59 Å². The van der Waals surface area contributed by atoms with Crippen molar-refractivity contribution in [2.24, 2.45) is 0 Å². The summed E-state index contributed by atoms with van der Waals surface area (Å²) in [5.74, 6) is 0.401. The first-order valence-corrected chi connectivity index (χ1v) is 9.50. The van der Waals surface area contributed by atoms with Gasteiger partial charge in [-0.1, -0.05) is 36.4 Å². The normalized spacial score (nSPS) is 11.7. The molecule has 0 spiro atoms. The Labute approximate surface area is 171 Å². The molecule has 1 amide bonds. The van der Waals surface area contributed by atoms with Crippen LogP contribution in [0.2, 0.25) is 0 Å². The Bertz CT molecular complexity index is 1030. The number of hydrogen-bond donors (Lipinski definition) is 1. The summed E-state index contributed by atoms with van der Waals surface area (Å²) in [6.07, 6.45) is 0. The third-order valence-electron chi connectivity index (χ3n) is 4.24. The molecule has 1 N–H and O–H groups in total. The first kappa shape index (κ1) is 19.8. The lowest BCUT2D eigenvalue weighted by atomic mass is 9.98. The zero-order valence-corrected chi connectivity index (χ0v) is 17.1. The molecule has 1 aromatic heterocycles. The number of rotatable bonds is 6. The summed E-state index contributed by atoms with van der Waals surface area (Å²) in [5, 5.41) is 7.13. The van der Waals surface area contributed by atoms with Gasteiger partial charge < -0.3 is 10.1 Å². The van der Waals surface area contributed by atoms with E-state index in [4.69, 9.17) is 4.74 Å². The van der Waals surface area contributed by atoms with Crippen molar-refractivity contribution in [1.82, 2.24) is 15.1 Å². The Hall–Kier alpha value is -2.93. The topological polar surface area (TPSA) is 73.2 Å². The molecule has 2 aromatic carbocycles. The van der Waals surface area contributed by atoms with Crippen LogP contribution in [-0.4, -0.2) is 22.8 Å². The third kappa shape index (κ3) is 4.67. The number of nitrogens with one attached hydrogen (secondary N) is 1. The number of carbonyl (C=O) groups excluding carboxylic acids is 1.